The standard InChI is InChI=1S/C6H13O6P/c1-9-13(8,10-2)12-6-4-11-3-5(6)7/h5-7H,3-4H2,1-2H3. The molecule has 2 unspecified atom stereocenters. The van der Waals surface area contributed by atoms with Crippen molar-refractivity contribution in [2.24, 2.45) is 0 Å². The van der Waals surface area contributed by atoms with Gasteiger partial charge in [-0.2, -0.15) is 0 Å². The topological polar surface area (TPSA) is 74.2 Å². The summed E-state index contributed by atoms with van der Waals surface area (Å²) in [5.41, 5.74) is 0. The summed E-state index contributed by atoms with van der Waals surface area (Å²) in [5, 5.41) is 9.26. The second kappa shape index (κ2) is 4.50. The molecule has 0 aromatic heterocycles. The van der Waals surface area contributed by atoms with Crippen LogP contribution in [0.3, 0.4) is 0 Å². The van der Waals surface area contributed by atoms with Gasteiger partial charge in [0.15, 0.2) is 0 Å². The SMILES string of the molecule is COP(=O)(OC)OC1COCC1O. The van der Waals surface area contributed by atoms with Gasteiger partial charge < -0.3 is 9.84 Å². The molecule has 1 fully saturated rings. The van der Waals surface area contributed by atoms with Crippen LogP contribution in [0.25, 0.3) is 0 Å². The average Bonchev–Trinajstić information content (AvgIpc) is 2.52. The van der Waals surface area contributed by atoms with Gasteiger partial charge in [-0.15, -0.1) is 0 Å². The van der Waals surface area contributed by atoms with E-state index in [4.69, 9.17) is 9.26 Å². The predicted octanol–water partition coefficient (Wildman–Crippen LogP) is 0.164. The van der Waals surface area contributed by atoms with Crippen LogP contribution in [-0.2, 0) is 22.9 Å². The van der Waals surface area contributed by atoms with E-state index in [1.807, 2.05) is 0 Å². The van der Waals surface area contributed by atoms with Crippen LogP contribution in [-0.4, -0.2) is 44.7 Å². The first-order valence-electron chi connectivity index (χ1n) is 3.77. The van der Waals surface area contributed by atoms with Gasteiger partial charge in [0.05, 0.1) is 13.2 Å². The minimum atomic E-state index is -3.51. The first kappa shape index (κ1) is 11.1. The molecule has 0 spiro atoms. The van der Waals surface area contributed by atoms with Crippen LogP contribution in [0, 0.1) is 0 Å². The zero-order chi connectivity index (χ0) is 9.90. The van der Waals surface area contributed by atoms with E-state index in [-0.39, 0.29) is 13.2 Å². The highest BCUT2D eigenvalue weighted by Gasteiger charge is 2.35. The Morgan fingerprint density at radius 1 is 1.38 bits per heavy atom. The Kier molecular flexibility index (Phi) is 3.85. The van der Waals surface area contributed by atoms with Crippen molar-refractivity contribution in [2.75, 3.05) is 27.4 Å². The third-order valence-corrected chi connectivity index (χ3v) is 3.14. The fourth-order valence-electron chi connectivity index (χ4n) is 0.950. The third-order valence-electron chi connectivity index (χ3n) is 1.71. The summed E-state index contributed by atoms with van der Waals surface area (Å²) in [6, 6.07) is 0. The fraction of sp³-hybridized carbons (Fsp3) is 1.00. The maximum Gasteiger partial charge on any atom is 0.474 e. The molecule has 1 aliphatic rings. The summed E-state index contributed by atoms with van der Waals surface area (Å²) in [6.07, 6.45) is -1.43. The van der Waals surface area contributed by atoms with Crippen LogP contribution in [0.2, 0.25) is 0 Å². The molecule has 2 atom stereocenters. The van der Waals surface area contributed by atoms with Crippen LogP contribution in [0.1, 0.15) is 0 Å². The quantitative estimate of drug-likeness (QED) is 0.669. The maximum atomic E-state index is 11.4. The average molecular weight is 212 g/mol. The van der Waals surface area contributed by atoms with E-state index in [0.717, 1.165) is 0 Å². The summed E-state index contributed by atoms with van der Waals surface area (Å²) in [4.78, 5) is 0. The van der Waals surface area contributed by atoms with E-state index < -0.39 is 20.0 Å². The van der Waals surface area contributed by atoms with E-state index in [0.29, 0.717) is 0 Å². The largest absolute Gasteiger partial charge is 0.474 e. The molecule has 0 aliphatic carbocycles. The number of phosphoric acid groups is 1. The van der Waals surface area contributed by atoms with Gasteiger partial charge in [0, 0.05) is 14.2 Å². The lowest BCUT2D eigenvalue weighted by atomic mass is 10.3. The monoisotopic (exact) mass is 212 g/mol. The molecule has 13 heavy (non-hydrogen) atoms. The summed E-state index contributed by atoms with van der Waals surface area (Å²) in [7, 11) is -1.08. The van der Waals surface area contributed by atoms with Crippen molar-refractivity contribution < 1.29 is 28.0 Å². The molecule has 1 saturated heterocycles. The first-order valence-corrected chi connectivity index (χ1v) is 5.23. The highest BCUT2D eigenvalue weighted by Crippen LogP contribution is 2.49. The number of hydrogen-bond acceptors (Lipinski definition) is 6. The molecular formula is C6H13O6P. The normalized spacial score (nSPS) is 29.5. The minimum absolute atomic E-state index is 0.179. The lowest BCUT2D eigenvalue weighted by Crippen LogP contribution is -2.26. The molecule has 0 aromatic carbocycles. The lowest BCUT2D eigenvalue weighted by molar-refractivity contribution is 0.0395. The zero-order valence-corrected chi connectivity index (χ0v) is 8.40. The Morgan fingerprint density at radius 2 is 2.00 bits per heavy atom. The fourth-order valence-corrected chi connectivity index (χ4v) is 1.80. The molecule has 0 bridgehead atoms. The highest BCUT2D eigenvalue weighted by molar-refractivity contribution is 7.48. The Morgan fingerprint density at radius 3 is 2.38 bits per heavy atom. The third kappa shape index (κ3) is 2.74. The summed E-state index contributed by atoms with van der Waals surface area (Å²) >= 11 is 0. The van der Waals surface area contributed by atoms with Gasteiger partial charge in [0.2, 0.25) is 0 Å². The van der Waals surface area contributed by atoms with Crippen molar-refractivity contribution in [1.82, 2.24) is 0 Å². The molecular weight excluding hydrogens is 199 g/mol. The van der Waals surface area contributed by atoms with Gasteiger partial charge in [-0.25, -0.2) is 4.57 Å². The lowest BCUT2D eigenvalue weighted by Gasteiger charge is -2.18. The van der Waals surface area contributed by atoms with E-state index in [2.05, 4.69) is 9.05 Å². The van der Waals surface area contributed by atoms with E-state index in [1.165, 1.54) is 14.2 Å². The van der Waals surface area contributed by atoms with Crippen LogP contribution < -0.4 is 0 Å². The second-order valence-electron chi connectivity index (χ2n) is 2.56. The first-order chi connectivity index (χ1) is 6.11. The Hall–Kier alpha value is 0.0300. The van der Waals surface area contributed by atoms with Crippen LogP contribution in [0.4, 0.5) is 0 Å². The molecule has 1 aliphatic heterocycles. The molecule has 0 aromatic rings. The number of aliphatic hydroxyl groups excluding tert-OH is 1. The van der Waals surface area contributed by atoms with E-state index >= 15 is 0 Å². The highest BCUT2D eigenvalue weighted by atomic mass is 31.2. The number of phosphoric ester groups is 1. The molecule has 1 N–H and O–H groups in total. The Balaban J connectivity index is 2.51. The molecule has 0 radical (unpaired) electrons. The molecule has 0 saturated carbocycles. The smallest absolute Gasteiger partial charge is 0.388 e. The maximum absolute atomic E-state index is 11.4. The zero-order valence-electron chi connectivity index (χ0n) is 7.50. The summed E-state index contributed by atoms with van der Waals surface area (Å²) in [5.74, 6) is 0. The Bertz CT molecular complexity index is 199. The van der Waals surface area contributed by atoms with Gasteiger partial charge in [0.1, 0.15) is 12.2 Å². The summed E-state index contributed by atoms with van der Waals surface area (Å²) in [6.45, 7) is 0.371. The van der Waals surface area contributed by atoms with Crippen LogP contribution >= 0.6 is 7.82 Å². The molecule has 6 nitrogen and oxygen atoms in total. The van der Waals surface area contributed by atoms with Crippen molar-refractivity contribution in [3.8, 4) is 0 Å². The number of rotatable bonds is 4. The molecule has 1 heterocycles. The van der Waals surface area contributed by atoms with Crippen LogP contribution in [0.15, 0.2) is 0 Å². The van der Waals surface area contributed by atoms with Crippen LogP contribution in [0.5, 0.6) is 0 Å². The predicted molar refractivity (Wildman–Crippen MR) is 43.3 cm³/mol. The molecule has 7 heteroatoms. The van der Waals surface area contributed by atoms with Gasteiger partial charge in [-0.05, 0) is 0 Å². The Labute approximate surface area is 76.4 Å². The van der Waals surface area contributed by atoms with E-state index in [9.17, 15) is 9.67 Å². The number of ether oxygens (including phenoxy) is 1. The van der Waals surface area contributed by atoms with Gasteiger partial charge >= 0.3 is 7.82 Å². The van der Waals surface area contributed by atoms with Crippen molar-refractivity contribution in [2.45, 2.75) is 12.2 Å². The van der Waals surface area contributed by atoms with Crippen molar-refractivity contribution in [3.05, 3.63) is 0 Å². The molecule has 78 valence electrons. The molecule has 0 amide bonds. The van der Waals surface area contributed by atoms with Gasteiger partial charge in [0.25, 0.3) is 0 Å². The van der Waals surface area contributed by atoms with Gasteiger partial charge in [-0.1, -0.05) is 0 Å². The number of aliphatic hydroxyl groups is 1. The minimum Gasteiger partial charge on any atom is -0.388 e. The van der Waals surface area contributed by atoms with Crippen molar-refractivity contribution in [1.29, 1.82) is 0 Å². The van der Waals surface area contributed by atoms with Crippen molar-refractivity contribution in [3.63, 3.8) is 0 Å². The van der Waals surface area contributed by atoms with E-state index in [1.54, 1.807) is 0 Å². The van der Waals surface area contributed by atoms with Gasteiger partial charge in [-0.3, -0.25) is 13.6 Å². The van der Waals surface area contributed by atoms with Crippen molar-refractivity contribution >= 4 is 7.82 Å². The summed E-state index contributed by atoms with van der Waals surface area (Å²) < 4.78 is 30.3. The second-order valence-corrected chi connectivity index (χ2v) is 4.40. The molecule has 1 rings (SSSR count). The number of hydrogen-bond donors (Lipinski definition) is 1.